The lowest BCUT2D eigenvalue weighted by molar-refractivity contribution is -0.122. The fourth-order valence-corrected chi connectivity index (χ4v) is 3.83. The highest BCUT2D eigenvalue weighted by molar-refractivity contribution is 7.09. The van der Waals surface area contributed by atoms with Gasteiger partial charge in [0, 0.05) is 31.1 Å². The Bertz CT molecular complexity index is 649. The first-order valence-electron chi connectivity index (χ1n) is 8.89. The number of nitrogens with zero attached hydrogens (tertiary/aromatic N) is 1. The van der Waals surface area contributed by atoms with Crippen LogP contribution in [-0.4, -0.2) is 50.2 Å². The van der Waals surface area contributed by atoms with Crippen LogP contribution in [0.3, 0.4) is 0 Å². The fraction of sp³-hybridized carbons (Fsp3) is 0.450. The Hall–Kier alpha value is -1.69. The second kappa shape index (κ2) is 9.13. The molecule has 1 saturated heterocycles. The second-order valence-electron chi connectivity index (χ2n) is 6.49. The molecule has 1 aromatic heterocycles. The molecule has 5 heteroatoms. The van der Waals surface area contributed by atoms with Gasteiger partial charge < -0.3 is 10.1 Å². The molecule has 1 N–H and O–H groups in total. The molecule has 0 aliphatic carbocycles. The lowest BCUT2D eigenvalue weighted by Gasteiger charge is -2.27. The molecule has 0 saturated carbocycles. The number of hydrogen-bond acceptors (Lipinski definition) is 4. The van der Waals surface area contributed by atoms with Gasteiger partial charge in [-0.3, -0.25) is 9.69 Å². The molecule has 1 atom stereocenters. The van der Waals surface area contributed by atoms with Gasteiger partial charge in [0.2, 0.25) is 5.91 Å². The van der Waals surface area contributed by atoms with E-state index in [2.05, 4.69) is 52.9 Å². The fourth-order valence-electron chi connectivity index (χ4n) is 3.08. The van der Waals surface area contributed by atoms with Crippen LogP contribution < -0.4 is 5.32 Å². The van der Waals surface area contributed by atoms with Crippen LogP contribution in [0.5, 0.6) is 0 Å². The summed E-state index contributed by atoms with van der Waals surface area (Å²) < 4.78 is 5.36. The number of carbonyl (C=O) groups is 1. The number of nitrogens with one attached hydrogen (secondary N) is 1. The van der Waals surface area contributed by atoms with Crippen molar-refractivity contribution in [2.24, 2.45) is 0 Å². The number of aryl methyl sites for hydroxylation is 1. The zero-order valence-electron chi connectivity index (χ0n) is 14.7. The van der Waals surface area contributed by atoms with E-state index in [0.29, 0.717) is 6.54 Å². The van der Waals surface area contributed by atoms with E-state index in [1.54, 1.807) is 11.3 Å². The van der Waals surface area contributed by atoms with Gasteiger partial charge in [0.05, 0.1) is 19.1 Å². The number of ether oxygens (including phenoxy) is 1. The van der Waals surface area contributed by atoms with E-state index in [-0.39, 0.29) is 11.8 Å². The van der Waals surface area contributed by atoms with E-state index in [4.69, 9.17) is 4.74 Å². The topological polar surface area (TPSA) is 41.6 Å². The SMILES string of the molecule is Cc1ccc(C(Cc2cccs2)C(=O)NCCN2CCOCC2)cc1. The predicted octanol–water partition coefficient (Wildman–Crippen LogP) is 2.83. The van der Waals surface area contributed by atoms with Crippen LogP contribution >= 0.6 is 11.3 Å². The van der Waals surface area contributed by atoms with Crippen LogP contribution in [0.15, 0.2) is 41.8 Å². The van der Waals surface area contributed by atoms with Crippen molar-refractivity contribution in [3.8, 4) is 0 Å². The number of benzene rings is 1. The third-order valence-electron chi connectivity index (χ3n) is 4.61. The predicted molar refractivity (Wildman–Crippen MR) is 102 cm³/mol. The smallest absolute Gasteiger partial charge is 0.227 e. The summed E-state index contributed by atoms with van der Waals surface area (Å²) in [4.78, 5) is 16.4. The molecule has 1 aromatic carbocycles. The number of rotatable bonds is 7. The maximum absolute atomic E-state index is 12.8. The lowest BCUT2D eigenvalue weighted by atomic mass is 9.93. The normalized spacial score (nSPS) is 16.5. The first-order chi connectivity index (χ1) is 12.2. The quantitative estimate of drug-likeness (QED) is 0.827. The number of thiophene rings is 1. The molecule has 4 nitrogen and oxygen atoms in total. The maximum Gasteiger partial charge on any atom is 0.227 e. The number of carbonyl (C=O) groups excluding carboxylic acids is 1. The zero-order valence-corrected chi connectivity index (χ0v) is 15.6. The van der Waals surface area contributed by atoms with Crippen molar-refractivity contribution in [1.82, 2.24) is 10.2 Å². The van der Waals surface area contributed by atoms with Crippen molar-refractivity contribution in [3.05, 3.63) is 57.8 Å². The lowest BCUT2D eigenvalue weighted by Crippen LogP contribution is -2.42. The summed E-state index contributed by atoms with van der Waals surface area (Å²) in [6, 6.07) is 12.5. The zero-order chi connectivity index (χ0) is 17.5. The molecule has 0 spiro atoms. The van der Waals surface area contributed by atoms with Gasteiger partial charge in [0.1, 0.15) is 0 Å². The summed E-state index contributed by atoms with van der Waals surface area (Å²) in [6.45, 7) is 7.12. The minimum absolute atomic E-state index is 0.116. The minimum atomic E-state index is -0.135. The molecule has 25 heavy (non-hydrogen) atoms. The highest BCUT2D eigenvalue weighted by atomic mass is 32.1. The number of hydrogen-bond donors (Lipinski definition) is 1. The van der Waals surface area contributed by atoms with Gasteiger partial charge in [-0.15, -0.1) is 11.3 Å². The summed E-state index contributed by atoms with van der Waals surface area (Å²) in [5, 5.41) is 5.21. The highest BCUT2D eigenvalue weighted by Gasteiger charge is 2.21. The van der Waals surface area contributed by atoms with Crippen LogP contribution in [0.25, 0.3) is 0 Å². The van der Waals surface area contributed by atoms with E-state index in [9.17, 15) is 4.79 Å². The number of amides is 1. The van der Waals surface area contributed by atoms with Gasteiger partial charge in [-0.25, -0.2) is 0 Å². The van der Waals surface area contributed by atoms with Crippen molar-refractivity contribution in [2.45, 2.75) is 19.3 Å². The first kappa shape index (κ1) is 18.1. The third kappa shape index (κ3) is 5.39. The Balaban J connectivity index is 1.61. The van der Waals surface area contributed by atoms with Crippen LogP contribution in [0.4, 0.5) is 0 Å². The minimum Gasteiger partial charge on any atom is -0.379 e. The summed E-state index contributed by atoms with van der Waals surface area (Å²) in [7, 11) is 0. The van der Waals surface area contributed by atoms with Crippen molar-refractivity contribution < 1.29 is 9.53 Å². The van der Waals surface area contributed by atoms with Gasteiger partial charge >= 0.3 is 0 Å². The van der Waals surface area contributed by atoms with Gasteiger partial charge in [0.15, 0.2) is 0 Å². The Kier molecular flexibility index (Phi) is 6.62. The van der Waals surface area contributed by atoms with Crippen LogP contribution in [0.2, 0.25) is 0 Å². The van der Waals surface area contributed by atoms with Gasteiger partial charge in [-0.1, -0.05) is 35.9 Å². The summed E-state index contributed by atoms with van der Waals surface area (Å²) in [6.07, 6.45) is 0.754. The Labute approximate surface area is 153 Å². The van der Waals surface area contributed by atoms with E-state index in [1.807, 2.05) is 6.07 Å². The van der Waals surface area contributed by atoms with E-state index >= 15 is 0 Å². The maximum atomic E-state index is 12.8. The Morgan fingerprint density at radius 2 is 2.00 bits per heavy atom. The van der Waals surface area contributed by atoms with Crippen molar-refractivity contribution in [3.63, 3.8) is 0 Å². The Morgan fingerprint density at radius 3 is 2.68 bits per heavy atom. The highest BCUT2D eigenvalue weighted by Crippen LogP contribution is 2.24. The molecule has 0 radical (unpaired) electrons. The van der Waals surface area contributed by atoms with Crippen molar-refractivity contribution in [1.29, 1.82) is 0 Å². The second-order valence-corrected chi connectivity index (χ2v) is 7.52. The van der Waals surface area contributed by atoms with Gasteiger partial charge in [-0.2, -0.15) is 0 Å². The number of morpholine rings is 1. The summed E-state index contributed by atoms with van der Waals surface area (Å²) >= 11 is 1.71. The molecular formula is C20H26N2O2S. The molecule has 1 aliphatic heterocycles. The van der Waals surface area contributed by atoms with Gasteiger partial charge in [-0.05, 0) is 30.4 Å². The average Bonchev–Trinajstić information content (AvgIpc) is 3.15. The van der Waals surface area contributed by atoms with Crippen molar-refractivity contribution in [2.75, 3.05) is 39.4 Å². The molecule has 1 amide bonds. The van der Waals surface area contributed by atoms with Crippen LogP contribution in [0.1, 0.15) is 21.9 Å². The molecule has 134 valence electrons. The average molecular weight is 359 g/mol. The molecular weight excluding hydrogens is 332 g/mol. The standard InChI is InChI=1S/C20H26N2O2S/c1-16-4-6-17(7-5-16)19(15-18-3-2-14-25-18)20(23)21-8-9-22-10-12-24-13-11-22/h2-7,14,19H,8-13,15H2,1H3,(H,21,23). The van der Waals surface area contributed by atoms with E-state index in [1.165, 1.54) is 10.4 Å². The molecule has 1 fully saturated rings. The molecule has 3 rings (SSSR count). The first-order valence-corrected chi connectivity index (χ1v) is 9.77. The monoisotopic (exact) mass is 358 g/mol. The van der Waals surface area contributed by atoms with Crippen LogP contribution in [0, 0.1) is 6.92 Å². The van der Waals surface area contributed by atoms with Gasteiger partial charge in [0.25, 0.3) is 0 Å². The Morgan fingerprint density at radius 1 is 1.24 bits per heavy atom. The molecule has 1 unspecified atom stereocenters. The summed E-state index contributed by atoms with van der Waals surface area (Å²) in [5.74, 6) is -0.0190. The van der Waals surface area contributed by atoms with E-state index < -0.39 is 0 Å². The van der Waals surface area contributed by atoms with Crippen LogP contribution in [-0.2, 0) is 16.0 Å². The molecule has 2 heterocycles. The summed E-state index contributed by atoms with van der Waals surface area (Å²) in [5.41, 5.74) is 2.30. The third-order valence-corrected chi connectivity index (χ3v) is 5.51. The largest absolute Gasteiger partial charge is 0.379 e. The molecule has 1 aliphatic rings. The van der Waals surface area contributed by atoms with E-state index in [0.717, 1.165) is 44.8 Å². The molecule has 0 bridgehead atoms. The molecule has 2 aromatic rings. The van der Waals surface area contributed by atoms with Crippen molar-refractivity contribution >= 4 is 17.2 Å².